The Bertz CT molecular complexity index is 444. The molecule has 0 aliphatic rings. The number of amides is 1. The van der Waals surface area contributed by atoms with Crippen LogP contribution in [-0.2, 0) is 11.3 Å². The first-order chi connectivity index (χ1) is 8.76. The molecular formula is C13H23ClN4O. The van der Waals surface area contributed by atoms with Gasteiger partial charge in [0, 0.05) is 12.6 Å². The molecule has 3 N–H and O–H groups in total. The first kappa shape index (κ1) is 16.0. The van der Waals surface area contributed by atoms with Crippen LogP contribution < -0.4 is 11.1 Å². The van der Waals surface area contributed by atoms with Crippen LogP contribution in [0.15, 0.2) is 6.20 Å². The Morgan fingerprint density at radius 2 is 2.26 bits per heavy atom. The first-order valence-corrected chi connectivity index (χ1v) is 6.89. The molecule has 1 unspecified atom stereocenters. The molecular weight excluding hydrogens is 264 g/mol. The topological polar surface area (TPSA) is 72.9 Å². The summed E-state index contributed by atoms with van der Waals surface area (Å²) in [6.45, 7) is 8.49. The van der Waals surface area contributed by atoms with Gasteiger partial charge in [0.15, 0.2) is 0 Å². The Hall–Kier alpha value is -1.07. The van der Waals surface area contributed by atoms with Gasteiger partial charge in [0.1, 0.15) is 0 Å². The van der Waals surface area contributed by atoms with Crippen molar-refractivity contribution in [3.05, 3.63) is 16.9 Å². The Morgan fingerprint density at radius 1 is 1.63 bits per heavy atom. The van der Waals surface area contributed by atoms with Crippen LogP contribution >= 0.6 is 11.6 Å². The smallest absolute Gasteiger partial charge is 0.237 e. The summed E-state index contributed by atoms with van der Waals surface area (Å²) in [6.07, 6.45) is 3.10. The second-order valence-electron chi connectivity index (χ2n) is 5.40. The second-order valence-corrected chi connectivity index (χ2v) is 5.81. The van der Waals surface area contributed by atoms with Crippen molar-refractivity contribution in [2.45, 2.75) is 58.7 Å². The highest BCUT2D eigenvalue weighted by Crippen LogP contribution is 2.17. The number of nitrogens with one attached hydrogen (secondary N) is 1. The average molecular weight is 287 g/mol. The van der Waals surface area contributed by atoms with Crippen molar-refractivity contribution in [1.82, 2.24) is 15.1 Å². The van der Waals surface area contributed by atoms with E-state index in [1.165, 1.54) is 0 Å². The fourth-order valence-corrected chi connectivity index (χ4v) is 2.28. The molecule has 1 rings (SSSR count). The van der Waals surface area contributed by atoms with Crippen LogP contribution in [0.25, 0.3) is 0 Å². The van der Waals surface area contributed by atoms with Gasteiger partial charge in [0.2, 0.25) is 5.91 Å². The highest BCUT2D eigenvalue weighted by atomic mass is 35.5. The summed E-state index contributed by atoms with van der Waals surface area (Å²) in [5.74, 6) is -0.323. The summed E-state index contributed by atoms with van der Waals surface area (Å²) in [4.78, 5) is 11.6. The Kier molecular flexibility index (Phi) is 5.38. The SMILES string of the molecule is Cc1c(Cl)cnn1CCCC(C)(NC(C)C)C(N)=O. The highest BCUT2D eigenvalue weighted by Gasteiger charge is 2.30. The first-order valence-electron chi connectivity index (χ1n) is 6.52. The summed E-state index contributed by atoms with van der Waals surface area (Å²) in [6, 6.07) is 0.207. The van der Waals surface area contributed by atoms with Gasteiger partial charge in [-0.2, -0.15) is 5.10 Å². The number of primary amides is 1. The maximum absolute atomic E-state index is 11.6. The number of halogens is 1. The standard InChI is InChI=1S/C13H23ClN4O/c1-9(2)17-13(4,12(15)19)6-5-7-18-10(3)11(14)8-16-18/h8-9,17H,5-7H2,1-4H3,(H2,15,19). The number of hydrogen-bond acceptors (Lipinski definition) is 3. The van der Waals surface area contributed by atoms with Crippen molar-refractivity contribution >= 4 is 17.5 Å². The molecule has 0 saturated heterocycles. The summed E-state index contributed by atoms with van der Waals surface area (Å²) < 4.78 is 1.85. The quantitative estimate of drug-likeness (QED) is 0.804. The molecule has 1 aromatic heterocycles. The molecule has 0 bridgehead atoms. The Balaban J connectivity index is 2.58. The van der Waals surface area contributed by atoms with Gasteiger partial charge in [-0.1, -0.05) is 11.6 Å². The lowest BCUT2D eigenvalue weighted by Crippen LogP contribution is -2.55. The predicted molar refractivity (Wildman–Crippen MR) is 77.1 cm³/mol. The molecule has 108 valence electrons. The summed E-state index contributed by atoms with van der Waals surface area (Å²) in [7, 11) is 0. The van der Waals surface area contributed by atoms with Crippen molar-refractivity contribution in [2.75, 3.05) is 0 Å². The molecule has 5 nitrogen and oxygen atoms in total. The minimum absolute atomic E-state index is 0.207. The van der Waals surface area contributed by atoms with E-state index in [1.807, 2.05) is 32.4 Å². The van der Waals surface area contributed by atoms with Gasteiger partial charge in [-0.15, -0.1) is 0 Å². The number of carbonyl (C=O) groups excluding carboxylic acids is 1. The number of nitrogens with two attached hydrogens (primary N) is 1. The molecule has 1 heterocycles. The van der Waals surface area contributed by atoms with E-state index in [2.05, 4.69) is 10.4 Å². The fraction of sp³-hybridized carbons (Fsp3) is 0.692. The van der Waals surface area contributed by atoms with Gasteiger partial charge < -0.3 is 11.1 Å². The molecule has 0 radical (unpaired) electrons. The van der Waals surface area contributed by atoms with E-state index in [1.54, 1.807) is 6.20 Å². The van der Waals surface area contributed by atoms with Crippen molar-refractivity contribution in [3.8, 4) is 0 Å². The van der Waals surface area contributed by atoms with Gasteiger partial charge in [0.05, 0.1) is 22.5 Å². The van der Waals surface area contributed by atoms with E-state index in [9.17, 15) is 4.79 Å². The third-order valence-electron chi connectivity index (χ3n) is 3.24. The third-order valence-corrected chi connectivity index (χ3v) is 3.61. The normalized spacial score (nSPS) is 14.6. The maximum Gasteiger partial charge on any atom is 0.237 e. The van der Waals surface area contributed by atoms with Gasteiger partial charge in [-0.25, -0.2) is 0 Å². The van der Waals surface area contributed by atoms with E-state index < -0.39 is 5.54 Å². The van der Waals surface area contributed by atoms with E-state index in [-0.39, 0.29) is 11.9 Å². The molecule has 0 aromatic carbocycles. The van der Waals surface area contributed by atoms with Crippen molar-refractivity contribution < 1.29 is 4.79 Å². The summed E-state index contributed by atoms with van der Waals surface area (Å²) in [5.41, 5.74) is 5.75. The van der Waals surface area contributed by atoms with Crippen LogP contribution in [0.2, 0.25) is 5.02 Å². The zero-order valence-corrected chi connectivity index (χ0v) is 12.8. The summed E-state index contributed by atoms with van der Waals surface area (Å²) in [5, 5.41) is 8.09. The van der Waals surface area contributed by atoms with Crippen molar-refractivity contribution in [1.29, 1.82) is 0 Å². The number of hydrogen-bond donors (Lipinski definition) is 2. The van der Waals surface area contributed by atoms with Gasteiger partial charge in [-0.3, -0.25) is 9.48 Å². The minimum Gasteiger partial charge on any atom is -0.368 e. The van der Waals surface area contributed by atoms with Gasteiger partial charge in [0.25, 0.3) is 0 Å². The monoisotopic (exact) mass is 286 g/mol. The Morgan fingerprint density at radius 3 is 2.68 bits per heavy atom. The average Bonchev–Trinajstić information content (AvgIpc) is 2.59. The molecule has 1 amide bonds. The Labute approximate surface area is 119 Å². The van der Waals surface area contributed by atoms with Crippen LogP contribution in [-0.4, -0.2) is 27.3 Å². The zero-order valence-electron chi connectivity index (χ0n) is 12.0. The lowest BCUT2D eigenvalue weighted by molar-refractivity contribution is -0.124. The van der Waals surface area contributed by atoms with E-state index in [4.69, 9.17) is 17.3 Å². The number of carbonyl (C=O) groups is 1. The van der Waals surface area contributed by atoms with Crippen LogP contribution in [0.1, 0.15) is 39.3 Å². The maximum atomic E-state index is 11.6. The lowest BCUT2D eigenvalue weighted by atomic mass is 9.94. The van der Waals surface area contributed by atoms with Crippen LogP contribution in [0.3, 0.4) is 0 Å². The molecule has 1 aromatic rings. The van der Waals surface area contributed by atoms with Crippen LogP contribution in [0.5, 0.6) is 0 Å². The highest BCUT2D eigenvalue weighted by molar-refractivity contribution is 6.31. The summed E-state index contributed by atoms with van der Waals surface area (Å²) >= 11 is 5.95. The van der Waals surface area contributed by atoms with Crippen LogP contribution in [0, 0.1) is 6.92 Å². The third kappa shape index (κ3) is 4.21. The number of rotatable bonds is 7. The molecule has 0 saturated carbocycles. The van der Waals surface area contributed by atoms with E-state index >= 15 is 0 Å². The molecule has 0 aliphatic heterocycles. The van der Waals surface area contributed by atoms with Gasteiger partial charge >= 0.3 is 0 Å². The predicted octanol–water partition coefficient (Wildman–Crippen LogP) is 1.87. The minimum atomic E-state index is -0.682. The molecule has 6 heteroatoms. The lowest BCUT2D eigenvalue weighted by Gasteiger charge is -2.29. The van der Waals surface area contributed by atoms with Crippen LogP contribution in [0.4, 0.5) is 0 Å². The number of nitrogens with zero attached hydrogens (tertiary/aromatic N) is 2. The van der Waals surface area contributed by atoms with Crippen molar-refractivity contribution in [3.63, 3.8) is 0 Å². The largest absolute Gasteiger partial charge is 0.368 e. The molecule has 19 heavy (non-hydrogen) atoms. The van der Waals surface area contributed by atoms with E-state index in [0.717, 1.165) is 18.7 Å². The number of aromatic nitrogens is 2. The molecule has 1 atom stereocenters. The molecule has 0 aliphatic carbocycles. The van der Waals surface area contributed by atoms with Crippen molar-refractivity contribution in [2.24, 2.45) is 5.73 Å². The zero-order chi connectivity index (χ0) is 14.6. The second kappa shape index (κ2) is 6.39. The fourth-order valence-electron chi connectivity index (χ4n) is 2.14. The molecule has 0 fully saturated rings. The molecule has 0 spiro atoms. The van der Waals surface area contributed by atoms with E-state index in [0.29, 0.717) is 11.4 Å². The van der Waals surface area contributed by atoms with Gasteiger partial charge in [-0.05, 0) is 40.5 Å². The number of aryl methyl sites for hydroxylation is 1.